The van der Waals surface area contributed by atoms with E-state index in [0.717, 1.165) is 11.1 Å². The van der Waals surface area contributed by atoms with Crippen molar-refractivity contribution in [2.75, 3.05) is 10.6 Å². The van der Waals surface area contributed by atoms with Crippen molar-refractivity contribution in [1.29, 1.82) is 0 Å². The van der Waals surface area contributed by atoms with Crippen molar-refractivity contribution in [2.45, 2.75) is 20.8 Å². The summed E-state index contributed by atoms with van der Waals surface area (Å²) in [5, 5.41) is 5.57. The topological polar surface area (TPSA) is 88.2 Å². The van der Waals surface area contributed by atoms with Crippen LogP contribution in [0.4, 0.5) is 11.4 Å². The van der Waals surface area contributed by atoms with E-state index in [2.05, 4.69) is 15.6 Å². The smallest absolute Gasteiger partial charge is 0.274 e. The Hall–Kier alpha value is -3.80. The molecule has 2 N–H and O–H groups in total. The summed E-state index contributed by atoms with van der Waals surface area (Å²) in [6, 6.07) is 15.3. The van der Waals surface area contributed by atoms with Crippen LogP contribution in [-0.4, -0.2) is 22.6 Å². The average molecular weight is 387 g/mol. The van der Waals surface area contributed by atoms with E-state index in [9.17, 15) is 14.4 Å². The maximum Gasteiger partial charge on any atom is 0.274 e. The lowest BCUT2D eigenvalue weighted by molar-refractivity contribution is 0.101. The lowest BCUT2D eigenvalue weighted by Gasteiger charge is -2.10. The van der Waals surface area contributed by atoms with Gasteiger partial charge in [-0.3, -0.25) is 19.4 Å². The summed E-state index contributed by atoms with van der Waals surface area (Å²) in [4.78, 5) is 40.5. The van der Waals surface area contributed by atoms with Crippen LogP contribution in [0.15, 0.2) is 60.8 Å². The van der Waals surface area contributed by atoms with Crippen LogP contribution in [-0.2, 0) is 0 Å². The standard InChI is InChI=1S/C23H21N3O3/c1-14-4-9-20(15(2)12-14)26-22(28)18-10-11-24-21(13-18)23(29)25-19-7-5-17(6-8-19)16(3)27/h4-13H,1-3H3,(H,25,29)(H,26,28). The third kappa shape index (κ3) is 4.93. The second kappa shape index (κ2) is 8.48. The summed E-state index contributed by atoms with van der Waals surface area (Å²) in [5.41, 5.74) is 4.33. The van der Waals surface area contributed by atoms with Gasteiger partial charge in [0.05, 0.1) is 0 Å². The first-order valence-electron chi connectivity index (χ1n) is 9.10. The first kappa shape index (κ1) is 19.9. The third-order valence-electron chi connectivity index (χ3n) is 4.43. The molecule has 3 aromatic rings. The quantitative estimate of drug-likeness (QED) is 0.635. The molecular formula is C23H21N3O3. The Balaban J connectivity index is 1.73. The molecular weight excluding hydrogens is 366 g/mol. The van der Waals surface area contributed by atoms with Gasteiger partial charge in [-0.1, -0.05) is 17.7 Å². The van der Waals surface area contributed by atoms with Gasteiger partial charge in [0.15, 0.2) is 5.78 Å². The van der Waals surface area contributed by atoms with Gasteiger partial charge in [-0.15, -0.1) is 0 Å². The van der Waals surface area contributed by atoms with Gasteiger partial charge in [-0.2, -0.15) is 0 Å². The van der Waals surface area contributed by atoms with E-state index < -0.39 is 5.91 Å². The molecule has 2 aromatic carbocycles. The maximum atomic E-state index is 12.6. The zero-order valence-corrected chi connectivity index (χ0v) is 16.4. The Morgan fingerprint density at radius 3 is 2.17 bits per heavy atom. The number of anilines is 2. The Morgan fingerprint density at radius 2 is 1.52 bits per heavy atom. The number of benzene rings is 2. The van der Waals surface area contributed by atoms with Crippen LogP contribution in [0.2, 0.25) is 0 Å². The first-order valence-corrected chi connectivity index (χ1v) is 9.10. The number of rotatable bonds is 5. The summed E-state index contributed by atoms with van der Waals surface area (Å²) in [6.07, 6.45) is 1.42. The summed E-state index contributed by atoms with van der Waals surface area (Å²) in [5.74, 6) is -0.812. The van der Waals surface area contributed by atoms with Crippen LogP contribution in [0.1, 0.15) is 49.3 Å². The summed E-state index contributed by atoms with van der Waals surface area (Å²) >= 11 is 0. The van der Waals surface area contributed by atoms with Gasteiger partial charge in [0.2, 0.25) is 0 Å². The van der Waals surface area contributed by atoms with E-state index in [1.54, 1.807) is 30.3 Å². The van der Waals surface area contributed by atoms with Crippen molar-refractivity contribution in [3.05, 3.63) is 88.7 Å². The highest BCUT2D eigenvalue weighted by atomic mass is 16.2. The number of ketones is 1. The molecule has 0 atom stereocenters. The molecule has 0 fully saturated rings. The van der Waals surface area contributed by atoms with E-state index in [1.165, 1.54) is 19.2 Å². The molecule has 1 heterocycles. The lowest BCUT2D eigenvalue weighted by atomic mass is 10.1. The van der Waals surface area contributed by atoms with Crippen molar-refractivity contribution in [3.63, 3.8) is 0 Å². The van der Waals surface area contributed by atoms with Crippen molar-refractivity contribution in [2.24, 2.45) is 0 Å². The van der Waals surface area contributed by atoms with Gasteiger partial charge in [0, 0.05) is 28.7 Å². The molecule has 0 aliphatic carbocycles. The molecule has 6 nitrogen and oxygen atoms in total. The molecule has 1 aromatic heterocycles. The van der Waals surface area contributed by atoms with Crippen molar-refractivity contribution >= 4 is 29.0 Å². The minimum Gasteiger partial charge on any atom is -0.322 e. The molecule has 0 saturated carbocycles. The van der Waals surface area contributed by atoms with Crippen LogP contribution < -0.4 is 10.6 Å². The average Bonchev–Trinajstić information content (AvgIpc) is 2.70. The fourth-order valence-electron chi connectivity index (χ4n) is 2.83. The van der Waals surface area contributed by atoms with Crippen LogP contribution in [0.25, 0.3) is 0 Å². The fraction of sp³-hybridized carbons (Fsp3) is 0.130. The van der Waals surface area contributed by atoms with E-state index in [4.69, 9.17) is 0 Å². The second-order valence-electron chi connectivity index (χ2n) is 6.79. The van der Waals surface area contributed by atoms with Gasteiger partial charge in [0.25, 0.3) is 11.8 Å². The number of amides is 2. The number of hydrogen-bond donors (Lipinski definition) is 2. The Kier molecular flexibility index (Phi) is 5.83. The minimum atomic E-state index is -0.443. The maximum absolute atomic E-state index is 12.6. The van der Waals surface area contributed by atoms with E-state index in [1.807, 2.05) is 32.0 Å². The van der Waals surface area contributed by atoms with Crippen LogP contribution >= 0.6 is 0 Å². The van der Waals surface area contributed by atoms with Gasteiger partial charge in [-0.25, -0.2) is 0 Å². The molecule has 6 heteroatoms. The lowest BCUT2D eigenvalue weighted by Crippen LogP contribution is -2.17. The molecule has 0 spiro atoms. The number of aryl methyl sites for hydroxylation is 2. The molecule has 0 saturated heterocycles. The monoisotopic (exact) mass is 387 g/mol. The molecule has 0 aliphatic heterocycles. The summed E-state index contributed by atoms with van der Waals surface area (Å²) < 4.78 is 0. The van der Waals surface area contributed by atoms with E-state index in [-0.39, 0.29) is 17.4 Å². The van der Waals surface area contributed by atoms with Crippen molar-refractivity contribution in [3.8, 4) is 0 Å². The zero-order valence-electron chi connectivity index (χ0n) is 16.4. The van der Waals surface area contributed by atoms with Gasteiger partial charge in [0.1, 0.15) is 5.69 Å². The Bertz CT molecular complexity index is 1090. The number of hydrogen-bond acceptors (Lipinski definition) is 4. The highest BCUT2D eigenvalue weighted by Crippen LogP contribution is 2.17. The predicted octanol–water partition coefficient (Wildman–Crippen LogP) is 4.41. The molecule has 29 heavy (non-hydrogen) atoms. The summed E-state index contributed by atoms with van der Waals surface area (Å²) in [7, 11) is 0. The number of Topliss-reactive ketones (excluding diaryl/α,β-unsaturated/α-hetero) is 1. The largest absolute Gasteiger partial charge is 0.322 e. The Labute approximate surface area is 169 Å². The third-order valence-corrected chi connectivity index (χ3v) is 4.43. The number of carbonyl (C=O) groups is 3. The highest BCUT2D eigenvalue weighted by molar-refractivity contribution is 6.08. The molecule has 0 aliphatic rings. The van der Waals surface area contributed by atoms with E-state index >= 15 is 0 Å². The van der Waals surface area contributed by atoms with Gasteiger partial charge < -0.3 is 10.6 Å². The SMILES string of the molecule is CC(=O)c1ccc(NC(=O)c2cc(C(=O)Nc3ccc(C)cc3C)ccn2)cc1. The molecule has 2 amide bonds. The van der Waals surface area contributed by atoms with Crippen LogP contribution in [0.3, 0.4) is 0 Å². The number of nitrogens with zero attached hydrogens (tertiary/aromatic N) is 1. The van der Waals surface area contributed by atoms with Crippen molar-refractivity contribution in [1.82, 2.24) is 4.98 Å². The molecule has 3 rings (SSSR count). The predicted molar refractivity (Wildman–Crippen MR) is 113 cm³/mol. The minimum absolute atomic E-state index is 0.0490. The molecule has 146 valence electrons. The fourth-order valence-corrected chi connectivity index (χ4v) is 2.83. The Morgan fingerprint density at radius 1 is 0.793 bits per heavy atom. The number of aromatic nitrogens is 1. The number of pyridine rings is 1. The number of nitrogens with one attached hydrogen (secondary N) is 2. The van der Waals surface area contributed by atoms with E-state index in [0.29, 0.717) is 22.5 Å². The van der Waals surface area contributed by atoms with Gasteiger partial charge in [-0.05, 0) is 68.8 Å². The normalized spacial score (nSPS) is 10.3. The second-order valence-corrected chi connectivity index (χ2v) is 6.79. The molecule has 0 unspecified atom stereocenters. The van der Waals surface area contributed by atoms with Gasteiger partial charge >= 0.3 is 0 Å². The first-order chi connectivity index (χ1) is 13.8. The molecule has 0 bridgehead atoms. The van der Waals surface area contributed by atoms with Crippen LogP contribution in [0.5, 0.6) is 0 Å². The van der Waals surface area contributed by atoms with Crippen molar-refractivity contribution < 1.29 is 14.4 Å². The van der Waals surface area contributed by atoms with Crippen LogP contribution in [0, 0.1) is 13.8 Å². The number of carbonyl (C=O) groups excluding carboxylic acids is 3. The summed E-state index contributed by atoms with van der Waals surface area (Å²) in [6.45, 7) is 5.39. The molecule has 0 radical (unpaired) electrons. The zero-order chi connectivity index (χ0) is 21.0. The highest BCUT2D eigenvalue weighted by Gasteiger charge is 2.13.